The van der Waals surface area contributed by atoms with Gasteiger partial charge in [0.1, 0.15) is 0 Å². The molecule has 0 aliphatic rings. The van der Waals surface area contributed by atoms with E-state index in [0.29, 0.717) is 5.56 Å². The molecule has 0 saturated carbocycles. The molecule has 0 fully saturated rings. The summed E-state index contributed by atoms with van der Waals surface area (Å²) in [6.07, 6.45) is 0. The Morgan fingerprint density at radius 2 is 1.70 bits per heavy atom. The highest BCUT2D eigenvalue weighted by atomic mass is 32.3. The average molecular weight is 307 g/mol. The number of hydrogen-bond donors (Lipinski definition) is 5. The molecule has 1 aromatic carbocycles. The molecule has 5 N–H and O–H groups in total. The van der Waals surface area contributed by atoms with Gasteiger partial charge in [-0.2, -0.15) is 8.42 Å². The smallest absolute Gasteiger partial charge is 0.394 e. The van der Waals surface area contributed by atoms with Gasteiger partial charge in [0.2, 0.25) is 0 Å². The Morgan fingerprint density at radius 3 is 2.10 bits per heavy atom. The lowest BCUT2D eigenvalue weighted by Crippen LogP contribution is -2.29. The fourth-order valence-corrected chi connectivity index (χ4v) is 1.10. The molecule has 0 aromatic heterocycles. The molecule has 0 aliphatic heterocycles. The molecule has 1 rings (SSSR count). The molecule has 0 amide bonds. The number of phenolic OH excluding ortho intramolecular Hbond substituents is 2. The van der Waals surface area contributed by atoms with Crippen LogP contribution in [0.2, 0.25) is 0 Å². The highest BCUT2D eigenvalue weighted by Gasteiger charge is 2.08. The summed E-state index contributed by atoms with van der Waals surface area (Å²) in [5, 5.41) is 21.3. The standard InChI is InChI=1S/C11H15NO3.H2O4S/c1-7(2)12-6-11(15)8-3-4-9(13)10(14)5-8;1-5(2,3)4/h3-5,7,12-14H,6H2,1-2H3;(H2,1,2,3,4). The van der Waals surface area contributed by atoms with Crippen molar-refractivity contribution in [2.45, 2.75) is 19.9 Å². The van der Waals surface area contributed by atoms with Gasteiger partial charge in [-0.1, -0.05) is 13.8 Å². The van der Waals surface area contributed by atoms with Gasteiger partial charge in [0.15, 0.2) is 17.3 Å². The number of ketones is 1. The molecule has 20 heavy (non-hydrogen) atoms. The molecule has 114 valence electrons. The molecule has 0 aliphatic carbocycles. The summed E-state index contributed by atoms with van der Waals surface area (Å²) in [6, 6.07) is 4.29. The van der Waals surface area contributed by atoms with E-state index >= 15 is 0 Å². The first-order valence-electron chi connectivity index (χ1n) is 5.49. The van der Waals surface area contributed by atoms with Crippen molar-refractivity contribution < 1.29 is 32.5 Å². The van der Waals surface area contributed by atoms with Crippen molar-refractivity contribution in [2.75, 3.05) is 6.54 Å². The van der Waals surface area contributed by atoms with Crippen LogP contribution in [0.4, 0.5) is 0 Å². The first-order chi connectivity index (χ1) is 9.00. The topological polar surface area (TPSA) is 144 Å². The quantitative estimate of drug-likeness (QED) is 0.309. The molecular formula is C11H17NO7S. The van der Waals surface area contributed by atoms with E-state index in [-0.39, 0.29) is 29.9 Å². The van der Waals surface area contributed by atoms with Crippen LogP contribution in [-0.4, -0.2) is 46.1 Å². The fraction of sp³-hybridized carbons (Fsp3) is 0.364. The predicted octanol–water partition coefficient (Wildman–Crippen LogP) is 0.626. The van der Waals surface area contributed by atoms with E-state index in [1.54, 1.807) is 0 Å². The molecule has 0 heterocycles. The van der Waals surface area contributed by atoms with Gasteiger partial charge in [-0.05, 0) is 18.2 Å². The second kappa shape index (κ2) is 7.80. The summed E-state index contributed by atoms with van der Waals surface area (Å²) in [5.74, 6) is -0.604. The Kier molecular flexibility index (Phi) is 7.14. The zero-order valence-electron chi connectivity index (χ0n) is 10.9. The van der Waals surface area contributed by atoms with E-state index in [1.807, 2.05) is 13.8 Å². The van der Waals surface area contributed by atoms with Gasteiger partial charge in [0.05, 0.1) is 6.54 Å². The zero-order valence-corrected chi connectivity index (χ0v) is 11.8. The van der Waals surface area contributed by atoms with Crippen molar-refractivity contribution >= 4 is 16.2 Å². The third-order valence-corrected chi connectivity index (χ3v) is 1.97. The molecule has 0 unspecified atom stereocenters. The monoisotopic (exact) mass is 307 g/mol. The van der Waals surface area contributed by atoms with E-state index in [4.69, 9.17) is 22.6 Å². The van der Waals surface area contributed by atoms with Crippen LogP contribution in [-0.2, 0) is 10.4 Å². The maximum absolute atomic E-state index is 11.6. The van der Waals surface area contributed by atoms with Crippen LogP contribution in [0, 0.1) is 0 Å². The Labute approximate surface area is 116 Å². The maximum atomic E-state index is 11.6. The molecule has 0 radical (unpaired) electrons. The van der Waals surface area contributed by atoms with E-state index < -0.39 is 10.4 Å². The fourth-order valence-electron chi connectivity index (χ4n) is 1.10. The molecule has 0 bridgehead atoms. The van der Waals surface area contributed by atoms with Crippen LogP contribution in [0.15, 0.2) is 18.2 Å². The minimum Gasteiger partial charge on any atom is -0.504 e. The van der Waals surface area contributed by atoms with Gasteiger partial charge in [0.25, 0.3) is 0 Å². The van der Waals surface area contributed by atoms with Crippen molar-refractivity contribution in [3.63, 3.8) is 0 Å². The second-order valence-corrected chi connectivity index (χ2v) is 5.01. The largest absolute Gasteiger partial charge is 0.504 e. The van der Waals surface area contributed by atoms with Crippen molar-refractivity contribution in [1.82, 2.24) is 5.32 Å². The van der Waals surface area contributed by atoms with E-state index in [1.165, 1.54) is 18.2 Å². The SMILES string of the molecule is CC(C)NCC(=O)c1ccc(O)c(O)c1.O=S(=O)(O)O. The number of nitrogens with one attached hydrogen (secondary N) is 1. The molecule has 0 atom stereocenters. The highest BCUT2D eigenvalue weighted by Crippen LogP contribution is 2.24. The van der Waals surface area contributed by atoms with Crippen molar-refractivity contribution in [3.05, 3.63) is 23.8 Å². The van der Waals surface area contributed by atoms with Gasteiger partial charge < -0.3 is 15.5 Å². The number of phenols is 2. The summed E-state index contributed by atoms with van der Waals surface area (Å²) in [7, 11) is -4.67. The Morgan fingerprint density at radius 1 is 1.20 bits per heavy atom. The molecule has 8 nitrogen and oxygen atoms in total. The van der Waals surface area contributed by atoms with E-state index in [0.717, 1.165) is 0 Å². The lowest BCUT2D eigenvalue weighted by Gasteiger charge is -2.07. The van der Waals surface area contributed by atoms with Crippen LogP contribution in [0.3, 0.4) is 0 Å². The van der Waals surface area contributed by atoms with Crippen LogP contribution in [0.1, 0.15) is 24.2 Å². The summed E-state index contributed by atoms with van der Waals surface area (Å²) in [6.45, 7) is 4.12. The average Bonchev–Trinajstić information content (AvgIpc) is 2.27. The summed E-state index contributed by atoms with van der Waals surface area (Å²) >= 11 is 0. The Hall–Kier alpha value is -1.68. The van der Waals surface area contributed by atoms with Crippen LogP contribution < -0.4 is 5.32 Å². The number of carbonyl (C=O) groups is 1. The van der Waals surface area contributed by atoms with Gasteiger partial charge in [-0.3, -0.25) is 13.9 Å². The lowest BCUT2D eigenvalue weighted by atomic mass is 10.1. The van der Waals surface area contributed by atoms with Gasteiger partial charge >= 0.3 is 10.4 Å². The number of aromatic hydroxyl groups is 2. The summed E-state index contributed by atoms with van der Waals surface area (Å²) in [5.41, 5.74) is 0.387. The zero-order chi connectivity index (χ0) is 15.9. The number of carbonyl (C=O) groups excluding carboxylic acids is 1. The molecule has 1 aromatic rings. The van der Waals surface area contributed by atoms with Crippen LogP contribution in [0.25, 0.3) is 0 Å². The summed E-state index contributed by atoms with van der Waals surface area (Å²) in [4.78, 5) is 11.6. The van der Waals surface area contributed by atoms with Gasteiger partial charge in [-0.15, -0.1) is 0 Å². The molecular weight excluding hydrogens is 290 g/mol. The van der Waals surface area contributed by atoms with Crippen molar-refractivity contribution in [3.8, 4) is 11.5 Å². The van der Waals surface area contributed by atoms with Gasteiger partial charge in [-0.25, -0.2) is 0 Å². The Balaban J connectivity index is 0.000000621. The third kappa shape index (κ3) is 9.28. The first-order valence-corrected chi connectivity index (χ1v) is 6.89. The minimum atomic E-state index is -4.67. The van der Waals surface area contributed by atoms with Crippen LogP contribution >= 0.6 is 0 Å². The maximum Gasteiger partial charge on any atom is 0.394 e. The van der Waals surface area contributed by atoms with Crippen LogP contribution in [0.5, 0.6) is 11.5 Å². The number of rotatable bonds is 4. The Bertz CT molecular complexity index is 546. The minimum absolute atomic E-state index is 0.112. The van der Waals surface area contributed by atoms with Crippen molar-refractivity contribution in [2.24, 2.45) is 0 Å². The molecule has 0 saturated heterocycles. The normalized spacial score (nSPS) is 10.8. The lowest BCUT2D eigenvalue weighted by molar-refractivity contribution is 0.0988. The number of benzene rings is 1. The van der Waals surface area contributed by atoms with Gasteiger partial charge in [0, 0.05) is 11.6 Å². The molecule has 9 heteroatoms. The predicted molar refractivity (Wildman–Crippen MR) is 71.4 cm³/mol. The van der Waals surface area contributed by atoms with Crippen molar-refractivity contribution in [1.29, 1.82) is 0 Å². The summed E-state index contributed by atoms with van der Waals surface area (Å²) < 4.78 is 31.6. The van der Waals surface area contributed by atoms with E-state index in [9.17, 15) is 9.90 Å². The highest BCUT2D eigenvalue weighted by molar-refractivity contribution is 7.79. The second-order valence-electron chi connectivity index (χ2n) is 4.11. The molecule has 0 spiro atoms. The number of hydrogen-bond acceptors (Lipinski definition) is 6. The number of Topliss-reactive ketones (excluding diaryl/α,β-unsaturated/α-hetero) is 1. The van der Waals surface area contributed by atoms with E-state index in [2.05, 4.69) is 5.32 Å². The third-order valence-electron chi connectivity index (χ3n) is 1.97. The first kappa shape index (κ1) is 18.3.